The van der Waals surface area contributed by atoms with E-state index in [1.54, 1.807) is 6.21 Å². The number of hydrogen-bond donors (Lipinski definition) is 0. The molecule has 0 saturated carbocycles. The third-order valence-electron chi connectivity index (χ3n) is 4.98. The monoisotopic (exact) mass is 433 g/mol. The summed E-state index contributed by atoms with van der Waals surface area (Å²) >= 11 is 13.0. The minimum atomic E-state index is 0.386. The van der Waals surface area contributed by atoms with Gasteiger partial charge in [-0.3, -0.25) is 4.99 Å². The van der Waals surface area contributed by atoms with E-state index in [9.17, 15) is 0 Å². The predicted octanol–water partition coefficient (Wildman–Crippen LogP) is 8.09. The van der Waals surface area contributed by atoms with Gasteiger partial charge in [0.1, 0.15) is 6.61 Å². The molecule has 0 aliphatic heterocycles. The SMILES string of the molecule is Cc1ccc(N=Cc2cc(Cl)c(OCc3cccc4ccccc34)c(Cl)c2)c(C)c1. The highest BCUT2D eigenvalue weighted by Gasteiger charge is 2.11. The fourth-order valence-electron chi connectivity index (χ4n) is 3.45. The Hall–Kier alpha value is -2.81. The van der Waals surface area contributed by atoms with Crippen LogP contribution >= 0.6 is 23.2 Å². The van der Waals surface area contributed by atoms with E-state index in [0.717, 1.165) is 27.8 Å². The first-order valence-corrected chi connectivity index (χ1v) is 10.5. The molecule has 0 saturated heterocycles. The van der Waals surface area contributed by atoms with Crippen LogP contribution in [0, 0.1) is 13.8 Å². The fraction of sp³-hybridized carbons (Fsp3) is 0.115. The van der Waals surface area contributed by atoms with Gasteiger partial charge in [-0.2, -0.15) is 0 Å². The second-order valence-corrected chi connectivity index (χ2v) is 8.10. The maximum atomic E-state index is 6.48. The number of rotatable bonds is 5. The van der Waals surface area contributed by atoms with Crippen LogP contribution in [0.15, 0.2) is 77.8 Å². The van der Waals surface area contributed by atoms with Gasteiger partial charge in [-0.15, -0.1) is 0 Å². The number of aliphatic imine (C=N–C) groups is 1. The Bertz CT molecular complexity index is 1220. The number of nitrogens with zero attached hydrogens (tertiary/aromatic N) is 1. The van der Waals surface area contributed by atoms with Crippen LogP contribution in [0.2, 0.25) is 10.0 Å². The van der Waals surface area contributed by atoms with Crippen LogP contribution in [0.4, 0.5) is 5.69 Å². The molecule has 0 amide bonds. The van der Waals surface area contributed by atoms with Crippen molar-refractivity contribution in [2.45, 2.75) is 20.5 Å². The zero-order chi connectivity index (χ0) is 21.1. The first-order chi connectivity index (χ1) is 14.5. The summed E-state index contributed by atoms with van der Waals surface area (Å²) in [4.78, 5) is 4.57. The van der Waals surface area contributed by atoms with E-state index in [1.165, 1.54) is 10.9 Å². The van der Waals surface area contributed by atoms with Crippen LogP contribution in [-0.2, 0) is 6.61 Å². The van der Waals surface area contributed by atoms with Crippen LogP contribution < -0.4 is 4.74 Å². The Labute approximate surface area is 186 Å². The molecule has 0 heterocycles. The Morgan fingerprint density at radius 2 is 1.60 bits per heavy atom. The summed E-state index contributed by atoms with van der Waals surface area (Å²) < 4.78 is 6.00. The molecule has 0 spiro atoms. The summed E-state index contributed by atoms with van der Waals surface area (Å²) in [7, 11) is 0. The molecule has 0 unspecified atom stereocenters. The van der Waals surface area contributed by atoms with Gasteiger partial charge in [-0.25, -0.2) is 0 Å². The van der Waals surface area contributed by atoms with Crippen LogP contribution in [0.1, 0.15) is 22.3 Å². The summed E-state index contributed by atoms with van der Waals surface area (Å²) in [5, 5.41) is 3.26. The molecule has 4 rings (SSSR count). The summed E-state index contributed by atoms with van der Waals surface area (Å²) in [6.45, 7) is 4.50. The molecule has 0 atom stereocenters. The summed E-state index contributed by atoms with van der Waals surface area (Å²) in [5.41, 5.74) is 5.16. The predicted molar refractivity (Wildman–Crippen MR) is 128 cm³/mol. The lowest BCUT2D eigenvalue weighted by Gasteiger charge is -2.12. The number of benzene rings is 4. The summed E-state index contributed by atoms with van der Waals surface area (Å²) in [6, 6.07) is 24.2. The Balaban J connectivity index is 1.55. The molecule has 0 radical (unpaired) electrons. The maximum Gasteiger partial charge on any atom is 0.157 e. The van der Waals surface area contributed by atoms with Crippen molar-refractivity contribution in [1.82, 2.24) is 0 Å². The van der Waals surface area contributed by atoms with E-state index in [2.05, 4.69) is 42.2 Å². The lowest BCUT2D eigenvalue weighted by atomic mass is 10.1. The van der Waals surface area contributed by atoms with Crippen LogP contribution in [0.3, 0.4) is 0 Å². The number of aryl methyl sites for hydroxylation is 2. The van der Waals surface area contributed by atoms with Gasteiger partial charge in [0.2, 0.25) is 0 Å². The van der Waals surface area contributed by atoms with Crippen molar-refractivity contribution in [3.05, 3.63) is 105 Å². The molecular weight excluding hydrogens is 413 g/mol. The topological polar surface area (TPSA) is 21.6 Å². The van der Waals surface area contributed by atoms with Crippen molar-refractivity contribution in [3.63, 3.8) is 0 Å². The highest BCUT2D eigenvalue weighted by molar-refractivity contribution is 6.37. The standard InChI is InChI=1S/C26H21Cl2NO/c1-17-10-11-25(18(2)12-17)29-15-19-13-23(27)26(24(28)14-19)30-16-21-8-5-7-20-6-3-4-9-22(20)21/h3-15H,16H2,1-2H3. The summed E-state index contributed by atoms with van der Waals surface area (Å²) in [6.07, 6.45) is 1.77. The van der Waals surface area contributed by atoms with Gasteiger partial charge in [0, 0.05) is 6.21 Å². The molecule has 4 aromatic rings. The van der Waals surface area contributed by atoms with E-state index >= 15 is 0 Å². The van der Waals surface area contributed by atoms with Crippen LogP contribution in [0.25, 0.3) is 10.8 Å². The molecule has 0 aromatic heterocycles. The first-order valence-electron chi connectivity index (χ1n) is 9.71. The van der Waals surface area contributed by atoms with Crippen LogP contribution in [0.5, 0.6) is 5.75 Å². The Morgan fingerprint density at radius 3 is 2.37 bits per heavy atom. The minimum absolute atomic E-state index is 0.386. The second kappa shape index (κ2) is 8.91. The highest BCUT2D eigenvalue weighted by atomic mass is 35.5. The van der Waals surface area contributed by atoms with Gasteiger partial charge in [-0.05, 0) is 59.5 Å². The maximum absolute atomic E-state index is 6.48. The van der Waals surface area contributed by atoms with Crippen molar-refractivity contribution in [3.8, 4) is 5.75 Å². The van der Waals surface area contributed by atoms with Gasteiger partial charge in [0.15, 0.2) is 5.75 Å². The number of fused-ring (bicyclic) bond motifs is 1. The third kappa shape index (κ3) is 4.51. The second-order valence-electron chi connectivity index (χ2n) is 7.29. The highest BCUT2D eigenvalue weighted by Crippen LogP contribution is 2.35. The molecule has 4 aromatic carbocycles. The molecule has 150 valence electrons. The minimum Gasteiger partial charge on any atom is -0.486 e. The zero-order valence-corrected chi connectivity index (χ0v) is 18.3. The zero-order valence-electron chi connectivity index (χ0n) is 16.8. The average Bonchev–Trinajstić information content (AvgIpc) is 2.72. The molecule has 2 nitrogen and oxygen atoms in total. The fourth-order valence-corrected chi connectivity index (χ4v) is 4.07. The Kier molecular flexibility index (Phi) is 6.08. The van der Waals surface area contributed by atoms with E-state index in [-0.39, 0.29) is 0 Å². The third-order valence-corrected chi connectivity index (χ3v) is 5.54. The molecule has 4 heteroatoms. The van der Waals surface area contributed by atoms with Gasteiger partial charge in [0.05, 0.1) is 15.7 Å². The molecule has 0 bridgehead atoms. The lowest BCUT2D eigenvalue weighted by molar-refractivity contribution is 0.308. The van der Waals surface area contributed by atoms with E-state index in [0.29, 0.717) is 22.4 Å². The lowest BCUT2D eigenvalue weighted by Crippen LogP contribution is -1.98. The molecular formula is C26H21Cl2NO. The first kappa shape index (κ1) is 20.5. The number of ether oxygens (including phenoxy) is 1. The van der Waals surface area contributed by atoms with Gasteiger partial charge in [0.25, 0.3) is 0 Å². The van der Waals surface area contributed by atoms with E-state index < -0.39 is 0 Å². The number of hydrogen-bond acceptors (Lipinski definition) is 2. The van der Waals surface area contributed by atoms with Crippen LogP contribution in [-0.4, -0.2) is 6.21 Å². The number of halogens is 2. The molecule has 0 fully saturated rings. The van der Waals surface area contributed by atoms with Crippen molar-refractivity contribution in [2.24, 2.45) is 4.99 Å². The smallest absolute Gasteiger partial charge is 0.157 e. The van der Waals surface area contributed by atoms with E-state index in [4.69, 9.17) is 27.9 Å². The van der Waals surface area contributed by atoms with Gasteiger partial charge >= 0.3 is 0 Å². The summed E-state index contributed by atoms with van der Waals surface area (Å²) in [5.74, 6) is 0.481. The Morgan fingerprint density at radius 1 is 0.867 bits per heavy atom. The van der Waals surface area contributed by atoms with Crippen molar-refractivity contribution in [1.29, 1.82) is 0 Å². The normalized spacial score (nSPS) is 11.3. The van der Waals surface area contributed by atoms with Gasteiger partial charge < -0.3 is 4.74 Å². The molecule has 0 aliphatic rings. The quantitative estimate of drug-likeness (QED) is 0.291. The van der Waals surface area contributed by atoms with Crippen molar-refractivity contribution < 1.29 is 4.74 Å². The molecule has 0 N–H and O–H groups in total. The van der Waals surface area contributed by atoms with Gasteiger partial charge in [-0.1, -0.05) is 83.4 Å². The van der Waals surface area contributed by atoms with Crippen molar-refractivity contribution in [2.75, 3.05) is 0 Å². The average molecular weight is 434 g/mol. The molecule has 0 aliphatic carbocycles. The van der Waals surface area contributed by atoms with Crippen molar-refractivity contribution >= 4 is 45.9 Å². The van der Waals surface area contributed by atoms with E-state index in [1.807, 2.05) is 49.4 Å². The largest absolute Gasteiger partial charge is 0.486 e. The molecule has 30 heavy (non-hydrogen) atoms.